The van der Waals surface area contributed by atoms with Gasteiger partial charge in [0.1, 0.15) is 17.1 Å². The Kier molecular flexibility index (Phi) is 3.44. The summed E-state index contributed by atoms with van der Waals surface area (Å²) in [7, 11) is -1.36. The van der Waals surface area contributed by atoms with E-state index in [-0.39, 0.29) is 0 Å². The van der Waals surface area contributed by atoms with Crippen molar-refractivity contribution in [3.63, 3.8) is 0 Å². The molecule has 0 aromatic heterocycles. The van der Waals surface area contributed by atoms with Crippen molar-refractivity contribution < 1.29 is 32.3 Å². The largest absolute Gasteiger partial charge is 0.496 e. The Morgan fingerprint density at radius 1 is 1.25 bits per heavy atom. The van der Waals surface area contributed by atoms with E-state index in [4.69, 9.17) is 10.0 Å². The van der Waals surface area contributed by atoms with Gasteiger partial charge in [-0.15, -0.1) is 0 Å². The number of rotatable bonds is 2. The number of alkyl halides is 3. The third-order valence-electron chi connectivity index (χ3n) is 1.92. The molecule has 0 aliphatic heterocycles. The second-order valence-corrected chi connectivity index (χ2v) is 2.92. The molecule has 0 atom stereocenters. The van der Waals surface area contributed by atoms with Crippen molar-refractivity contribution in [1.29, 1.82) is 0 Å². The van der Waals surface area contributed by atoms with E-state index in [2.05, 4.69) is 4.74 Å². The van der Waals surface area contributed by atoms with E-state index in [0.29, 0.717) is 0 Å². The van der Waals surface area contributed by atoms with E-state index in [1.165, 1.54) is 0 Å². The van der Waals surface area contributed by atoms with Gasteiger partial charge in [0, 0.05) is 5.46 Å². The quantitative estimate of drug-likeness (QED) is 0.583. The zero-order valence-electron chi connectivity index (χ0n) is 8.05. The molecule has 1 aromatic rings. The number of halogens is 4. The van der Waals surface area contributed by atoms with Crippen molar-refractivity contribution in [2.24, 2.45) is 0 Å². The highest BCUT2D eigenvalue weighted by molar-refractivity contribution is 6.58. The second-order valence-electron chi connectivity index (χ2n) is 2.92. The zero-order valence-corrected chi connectivity index (χ0v) is 8.05. The van der Waals surface area contributed by atoms with Gasteiger partial charge in [-0.25, -0.2) is 4.39 Å². The first-order valence-electron chi connectivity index (χ1n) is 4.08. The Bertz CT molecular complexity index is 392. The highest BCUT2D eigenvalue weighted by Gasteiger charge is 2.40. The highest BCUT2D eigenvalue weighted by atomic mass is 19.4. The Hall–Kier alpha value is -1.28. The number of hydrogen-bond acceptors (Lipinski definition) is 3. The van der Waals surface area contributed by atoms with Crippen LogP contribution in [0.4, 0.5) is 17.6 Å². The fourth-order valence-corrected chi connectivity index (χ4v) is 1.21. The molecular weight excluding hydrogens is 231 g/mol. The van der Waals surface area contributed by atoms with Crippen LogP contribution in [0.15, 0.2) is 12.1 Å². The van der Waals surface area contributed by atoms with Crippen LogP contribution in [-0.2, 0) is 6.18 Å². The van der Waals surface area contributed by atoms with Crippen molar-refractivity contribution in [2.75, 3.05) is 7.11 Å². The van der Waals surface area contributed by atoms with Gasteiger partial charge < -0.3 is 14.8 Å². The monoisotopic (exact) mass is 238 g/mol. The van der Waals surface area contributed by atoms with Gasteiger partial charge in [0.15, 0.2) is 0 Å². The highest BCUT2D eigenvalue weighted by Crippen LogP contribution is 2.37. The number of hydrogen-bond donors (Lipinski definition) is 2. The van der Waals surface area contributed by atoms with Crippen LogP contribution in [0.5, 0.6) is 5.75 Å². The molecule has 16 heavy (non-hydrogen) atoms. The first-order valence-corrected chi connectivity index (χ1v) is 4.08. The SMILES string of the molecule is COc1ccc(B(O)O)c(F)c1C(F)(F)F. The van der Waals surface area contributed by atoms with Crippen LogP contribution < -0.4 is 10.2 Å². The Balaban J connectivity index is 3.47. The third kappa shape index (κ3) is 2.28. The average Bonchev–Trinajstić information content (AvgIpc) is 2.14. The van der Waals surface area contributed by atoms with Crippen molar-refractivity contribution in [3.8, 4) is 5.75 Å². The molecule has 0 heterocycles. The van der Waals surface area contributed by atoms with Crippen LogP contribution in [0.25, 0.3) is 0 Å². The molecule has 0 bridgehead atoms. The van der Waals surface area contributed by atoms with Gasteiger partial charge >= 0.3 is 13.3 Å². The molecule has 88 valence electrons. The Morgan fingerprint density at radius 3 is 2.19 bits per heavy atom. The van der Waals surface area contributed by atoms with Crippen molar-refractivity contribution >= 4 is 12.6 Å². The lowest BCUT2D eigenvalue weighted by Gasteiger charge is -2.14. The predicted octanol–water partition coefficient (Wildman–Crippen LogP) is 0.533. The molecule has 8 heteroatoms. The second kappa shape index (κ2) is 4.30. The molecule has 2 N–H and O–H groups in total. The van der Waals surface area contributed by atoms with Gasteiger partial charge in [-0.1, -0.05) is 6.07 Å². The van der Waals surface area contributed by atoms with E-state index < -0.39 is 35.9 Å². The molecule has 0 aliphatic carbocycles. The van der Waals surface area contributed by atoms with Gasteiger partial charge in [-0.05, 0) is 6.07 Å². The smallest absolute Gasteiger partial charge is 0.491 e. The van der Waals surface area contributed by atoms with E-state index >= 15 is 0 Å². The average molecular weight is 238 g/mol. The molecular formula is C8H7BF4O3. The maximum Gasteiger partial charge on any atom is 0.491 e. The zero-order chi connectivity index (χ0) is 12.5. The maximum absolute atomic E-state index is 13.3. The van der Waals surface area contributed by atoms with Gasteiger partial charge in [0.25, 0.3) is 0 Å². The molecule has 0 spiro atoms. The van der Waals surface area contributed by atoms with Crippen LogP contribution >= 0.6 is 0 Å². The Labute approximate surface area is 88.4 Å². The van der Waals surface area contributed by atoms with Gasteiger partial charge in [-0.2, -0.15) is 13.2 Å². The lowest BCUT2D eigenvalue weighted by atomic mass is 9.78. The summed E-state index contributed by atoms with van der Waals surface area (Å²) >= 11 is 0. The lowest BCUT2D eigenvalue weighted by molar-refractivity contribution is -0.141. The minimum Gasteiger partial charge on any atom is -0.496 e. The predicted molar refractivity (Wildman–Crippen MR) is 47.8 cm³/mol. The molecule has 0 amide bonds. The minimum atomic E-state index is -4.97. The van der Waals surface area contributed by atoms with Crippen LogP contribution in [0.2, 0.25) is 0 Å². The van der Waals surface area contributed by atoms with Gasteiger partial charge in [0.05, 0.1) is 7.11 Å². The topological polar surface area (TPSA) is 49.7 Å². The fourth-order valence-electron chi connectivity index (χ4n) is 1.21. The molecule has 0 saturated carbocycles. The summed E-state index contributed by atoms with van der Waals surface area (Å²) < 4.78 is 55.1. The summed E-state index contributed by atoms with van der Waals surface area (Å²) in [6.45, 7) is 0. The third-order valence-corrected chi connectivity index (χ3v) is 1.92. The minimum absolute atomic E-state index is 0.714. The first kappa shape index (κ1) is 12.8. The standard InChI is InChI=1S/C8H7BF4O3/c1-16-5-3-2-4(9(14)15)7(10)6(5)8(11,12)13/h2-3,14-15H,1H3. The maximum atomic E-state index is 13.3. The first-order chi connectivity index (χ1) is 7.29. The molecule has 0 aliphatic rings. The molecule has 0 radical (unpaired) electrons. The summed E-state index contributed by atoms with van der Waals surface area (Å²) in [5.41, 5.74) is -2.51. The summed E-state index contributed by atoms with van der Waals surface area (Å²) in [5.74, 6) is -2.46. The molecule has 0 saturated heterocycles. The van der Waals surface area contributed by atoms with E-state index in [0.717, 1.165) is 19.2 Å². The molecule has 0 unspecified atom stereocenters. The summed E-state index contributed by atoms with van der Waals surface area (Å²) in [6, 6.07) is 1.63. The van der Waals surface area contributed by atoms with Crippen LogP contribution in [0.3, 0.4) is 0 Å². The Morgan fingerprint density at radius 2 is 1.81 bits per heavy atom. The van der Waals surface area contributed by atoms with E-state index in [9.17, 15) is 17.6 Å². The van der Waals surface area contributed by atoms with Crippen molar-refractivity contribution in [1.82, 2.24) is 0 Å². The van der Waals surface area contributed by atoms with Crippen molar-refractivity contribution in [2.45, 2.75) is 6.18 Å². The summed E-state index contributed by atoms with van der Waals surface area (Å²) in [5, 5.41) is 17.3. The number of methoxy groups -OCH3 is 1. The van der Waals surface area contributed by atoms with Crippen molar-refractivity contribution in [3.05, 3.63) is 23.5 Å². The summed E-state index contributed by atoms with van der Waals surface area (Å²) in [4.78, 5) is 0. The summed E-state index contributed by atoms with van der Waals surface area (Å²) in [6.07, 6.45) is -4.97. The van der Waals surface area contributed by atoms with Gasteiger partial charge in [0.2, 0.25) is 0 Å². The van der Waals surface area contributed by atoms with Gasteiger partial charge in [-0.3, -0.25) is 0 Å². The van der Waals surface area contributed by atoms with Crippen LogP contribution in [0.1, 0.15) is 5.56 Å². The van der Waals surface area contributed by atoms with Crippen LogP contribution in [-0.4, -0.2) is 24.3 Å². The molecule has 1 rings (SSSR count). The molecule has 3 nitrogen and oxygen atoms in total. The van der Waals surface area contributed by atoms with Crippen LogP contribution in [0, 0.1) is 5.82 Å². The lowest BCUT2D eigenvalue weighted by Crippen LogP contribution is -2.34. The molecule has 0 fully saturated rings. The number of ether oxygens (including phenoxy) is 1. The fraction of sp³-hybridized carbons (Fsp3) is 0.250. The number of benzene rings is 1. The molecule has 1 aromatic carbocycles. The normalized spacial score (nSPS) is 11.4. The van der Waals surface area contributed by atoms with E-state index in [1.54, 1.807) is 0 Å². The van der Waals surface area contributed by atoms with E-state index in [1.807, 2.05) is 0 Å².